The van der Waals surface area contributed by atoms with Crippen molar-refractivity contribution < 1.29 is 0 Å². The summed E-state index contributed by atoms with van der Waals surface area (Å²) in [6.07, 6.45) is 5.15. The summed E-state index contributed by atoms with van der Waals surface area (Å²) in [5, 5.41) is 0. The van der Waals surface area contributed by atoms with Crippen LogP contribution in [0.3, 0.4) is 0 Å². The lowest BCUT2D eigenvalue weighted by Crippen LogP contribution is -2.25. The van der Waals surface area contributed by atoms with E-state index in [1.165, 1.54) is 47.9 Å². The third-order valence-electron chi connectivity index (χ3n) is 7.39. The molecule has 1 aliphatic rings. The summed E-state index contributed by atoms with van der Waals surface area (Å²) >= 11 is 0. The van der Waals surface area contributed by atoms with Gasteiger partial charge in [0, 0.05) is 11.8 Å². The Morgan fingerprint density at radius 2 is 0.562 bits per heavy atom. The van der Waals surface area contributed by atoms with Crippen LogP contribution >= 0.6 is 0 Å². The lowest BCUT2D eigenvalue weighted by Gasteiger charge is -2.38. The Kier molecular flexibility index (Phi) is 6.49. The molecule has 4 aromatic carbocycles. The molecule has 0 heterocycles. The Hall–Kier alpha value is -3.12. The van der Waals surface area contributed by atoms with Gasteiger partial charge in [-0.05, 0) is 59.8 Å². The fourth-order valence-electron chi connectivity index (χ4n) is 5.93. The molecule has 0 aliphatic heterocycles. The highest BCUT2D eigenvalue weighted by Gasteiger charge is 2.33. The van der Waals surface area contributed by atoms with Crippen LogP contribution in [0.5, 0.6) is 0 Å². The molecule has 1 saturated carbocycles. The highest BCUT2D eigenvalue weighted by molar-refractivity contribution is 5.35. The lowest BCUT2D eigenvalue weighted by atomic mass is 9.66. The Labute approximate surface area is 193 Å². The van der Waals surface area contributed by atoms with Gasteiger partial charge in [-0.25, -0.2) is 0 Å². The Bertz CT molecular complexity index is 892. The number of hydrogen-bond donors (Lipinski definition) is 0. The van der Waals surface area contributed by atoms with Crippen molar-refractivity contribution in [3.63, 3.8) is 0 Å². The minimum Gasteiger partial charge on any atom is -0.0622 e. The van der Waals surface area contributed by atoms with Crippen molar-refractivity contribution in [2.45, 2.75) is 37.5 Å². The highest BCUT2D eigenvalue weighted by atomic mass is 14.4. The summed E-state index contributed by atoms with van der Waals surface area (Å²) in [6.45, 7) is 0. The first kappa shape index (κ1) is 20.8. The Balaban J connectivity index is 1.40. The van der Waals surface area contributed by atoms with Crippen LogP contribution in [-0.2, 0) is 0 Å². The van der Waals surface area contributed by atoms with Crippen LogP contribution < -0.4 is 0 Å². The molecular formula is C32H32. The molecule has 1 aliphatic carbocycles. The fourth-order valence-corrected chi connectivity index (χ4v) is 5.93. The van der Waals surface area contributed by atoms with Crippen LogP contribution in [0.2, 0.25) is 0 Å². The average molecular weight is 417 g/mol. The molecule has 0 spiro atoms. The molecule has 0 amide bonds. The smallest absolute Gasteiger partial charge is 0.0118 e. The van der Waals surface area contributed by atoms with Gasteiger partial charge >= 0.3 is 0 Å². The molecule has 0 aromatic heterocycles. The molecule has 0 radical (unpaired) electrons. The molecule has 0 heteroatoms. The zero-order chi connectivity index (χ0) is 21.6. The van der Waals surface area contributed by atoms with E-state index in [-0.39, 0.29) is 0 Å². The van der Waals surface area contributed by atoms with Gasteiger partial charge in [-0.15, -0.1) is 0 Å². The monoisotopic (exact) mass is 416 g/mol. The van der Waals surface area contributed by atoms with Crippen LogP contribution in [0.1, 0.15) is 59.8 Å². The second-order valence-corrected chi connectivity index (χ2v) is 9.27. The van der Waals surface area contributed by atoms with Gasteiger partial charge in [0.25, 0.3) is 0 Å². The van der Waals surface area contributed by atoms with Gasteiger partial charge in [0.2, 0.25) is 0 Å². The van der Waals surface area contributed by atoms with Crippen molar-refractivity contribution in [1.29, 1.82) is 0 Å². The fraction of sp³-hybridized carbons (Fsp3) is 0.250. The van der Waals surface area contributed by atoms with Gasteiger partial charge < -0.3 is 0 Å². The third kappa shape index (κ3) is 4.55. The molecule has 0 bridgehead atoms. The summed E-state index contributed by atoms with van der Waals surface area (Å²) in [6, 6.07) is 44.6. The molecule has 5 rings (SSSR count). The van der Waals surface area contributed by atoms with E-state index in [9.17, 15) is 0 Å². The SMILES string of the molecule is c1ccc(C(c2ccccc2)C2CCC(C(c3ccccc3)c3ccccc3)CC2)cc1. The van der Waals surface area contributed by atoms with Crippen LogP contribution in [0.15, 0.2) is 121 Å². The standard InChI is InChI=1S/C32H32/c1-5-13-25(14-6-1)31(26-15-7-2-8-16-26)29-21-23-30(24-22-29)32(27-17-9-3-10-18-27)28-19-11-4-12-20-28/h1-20,29-32H,21-24H2. The molecule has 0 nitrogen and oxygen atoms in total. The van der Waals surface area contributed by atoms with E-state index in [1.807, 2.05) is 0 Å². The van der Waals surface area contributed by atoms with Gasteiger partial charge in [-0.1, -0.05) is 121 Å². The van der Waals surface area contributed by atoms with Gasteiger partial charge in [-0.3, -0.25) is 0 Å². The molecule has 1 fully saturated rings. The molecule has 32 heavy (non-hydrogen) atoms. The number of benzene rings is 4. The van der Waals surface area contributed by atoms with Crippen molar-refractivity contribution >= 4 is 0 Å². The van der Waals surface area contributed by atoms with Gasteiger partial charge in [0.1, 0.15) is 0 Å². The lowest BCUT2D eigenvalue weighted by molar-refractivity contribution is 0.240. The van der Waals surface area contributed by atoms with E-state index in [0.717, 1.165) is 0 Å². The van der Waals surface area contributed by atoms with E-state index in [2.05, 4.69) is 121 Å². The van der Waals surface area contributed by atoms with Crippen LogP contribution in [-0.4, -0.2) is 0 Å². The first-order valence-electron chi connectivity index (χ1n) is 12.1. The maximum atomic E-state index is 2.32. The molecule has 0 unspecified atom stereocenters. The quantitative estimate of drug-likeness (QED) is 0.296. The van der Waals surface area contributed by atoms with E-state index in [1.54, 1.807) is 0 Å². The maximum Gasteiger partial charge on any atom is 0.0118 e. The number of hydrogen-bond acceptors (Lipinski definition) is 0. The maximum absolute atomic E-state index is 2.32. The summed E-state index contributed by atoms with van der Waals surface area (Å²) in [5.41, 5.74) is 5.85. The second-order valence-electron chi connectivity index (χ2n) is 9.27. The van der Waals surface area contributed by atoms with Crippen LogP contribution in [0.25, 0.3) is 0 Å². The van der Waals surface area contributed by atoms with Gasteiger partial charge in [0.05, 0.1) is 0 Å². The zero-order valence-corrected chi connectivity index (χ0v) is 18.7. The highest BCUT2D eigenvalue weighted by Crippen LogP contribution is 2.47. The summed E-state index contributed by atoms with van der Waals surface area (Å²) in [4.78, 5) is 0. The normalized spacial score (nSPS) is 18.7. The van der Waals surface area contributed by atoms with E-state index >= 15 is 0 Å². The van der Waals surface area contributed by atoms with Crippen LogP contribution in [0, 0.1) is 11.8 Å². The average Bonchev–Trinajstić information content (AvgIpc) is 2.88. The molecular weight excluding hydrogens is 384 g/mol. The minimum absolute atomic E-state index is 0.491. The summed E-state index contributed by atoms with van der Waals surface area (Å²) in [5.74, 6) is 2.38. The summed E-state index contributed by atoms with van der Waals surface area (Å²) < 4.78 is 0. The molecule has 0 atom stereocenters. The third-order valence-corrected chi connectivity index (χ3v) is 7.39. The first-order valence-corrected chi connectivity index (χ1v) is 12.1. The number of rotatable bonds is 6. The van der Waals surface area contributed by atoms with Gasteiger partial charge in [-0.2, -0.15) is 0 Å². The molecule has 0 saturated heterocycles. The van der Waals surface area contributed by atoms with Gasteiger partial charge in [0.15, 0.2) is 0 Å². The Morgan fingerprint density at radius 1 is 0.344 bits per heavy atom. The first-order chi connectivity index (χ1) is 15.9. The minimum atomic E-state index is 0.491. The van der Waals surface area contributed by atoms with Crippen molar-refractivity contribution in [2.24, 2.45) is 11.8 Å². The van der Waals surface area contributed by atoms with E-state index < -0.39 is 0 Å². The largest absolute Gasteiger partial charge is 0.0622 e. The van der Waals surface area contributed by atoms with E-state index in [4.69, 9.17) is 0 Å². The zero-order valence-electron chi connectivity index (χ0n) is 18.7. The molecule has 4 aromatic rings. The summed E-state index contributed by atoms with van der Waals surface area (Å²) in [7, 11) is 0. The predicted molar refractivity (Wildman–Crippen MR) is 135 cm³/mol. The predicted octanol–water partition coefficient (Wildman–Crippen LogP) is 8.46. The van der Waals surface area contributed by atoms with Crippen molar-refractivity contribution in [1.82, 2.24) is 0 Å². The van der Waals surface area contributed by atoms with Crippen molar-refractivity contribution in [3.05, 3.63) is 144 Å². The Morgan fingerprint density at radius 3 is 0.781 bits per heavy atom. The molecule has 160 valence electrons. The van der Waals surface area contributed by atoms with Crippen LogP contribution in [0.4, 0.5) is 0 Å². The van der Waals surface area contributed by atoms with Crippen molar-refractivity contribution in [3.8, 4) is 0 Å². The van der Waals surface area contributed by atoms with E-state index in [0.29, 0.717) is 23.7 Å². The second kappa shape index (κ2) is 10.0. The topological polar surface area (TPSA) is 0 Å². The molecule has 0 N–H and O–H groups in total. The van der Waals surface area contributed by atoms with Crippen molar-refractivity contribution in [2.75, 3.05) is 0 Å².